The summed E-state index contributed by atoms with van der Waals surface area (Å²) in [6.45, 7) is 3.65. The molecule has 1 aliphatic rings. The summed E-state index contributed by atoms with van der Waals surface area (Å²) in [4.78, 5) is 8.40. The minimum atomic E-state index is -0.803. The van der Waals surface area contributed by atoms with E-state index in [4.69, 9.17) is 4.98 Å². The molecule has 5 aromatic rings. The lowest BCUT2D eigenvalue weighted by Crippen LogP contribution is -2.21. The average Bonchev–Trinajstić information content (AvgIpc) is 3.60. The first-order chi connectivity index (χ1) is 16.9. The van der Waals surface area contributed by atoms with Crippen LogP contribution in [0.15, 0.2) is 54.6 Å². The Morgan fingerprint density at radius 1 is 0.943 bits per heavy atom. The van der Waals surface area contributed by atoms with Gasteiger partial charge >= 0.3 is 0 Å². The van der Waals surface area contributed by atoms with Crippen LogP contribution >= 0.6 is 0 Å². The minimum absolute atomic E-state index is 0.417. The molecule has 1 aromatic heterocycles. The van der Waals surface area contributed by atoms with Crippen LogP contribution in [0, 0.1) is 22.7 Å². The van der Waals surface area contributed by atoms with Crippen molar-refractivity contribution in [3.05, 3.63) is 76.9 Å². The highest BCUT2D eigenvalue weighted by molar-refractivity contribution is 6.23. The molecule has 2 N–H and O–H groups in total. The first-order valence-electron chi connectivity index (χ1n) is 11.9. The van der Waals surface area contributed by atoms with E-state index >= 15 is 0 Å². The van der Waals surface area contributed by atoms with Crippen LogP contribution in [0.3, 0.4) is 0 Å². The summed E-state index contributed by atoms with van der Waals surface area (Å²) < 4.78 is 0. The Hall–Kier alpha value is -4.19. The fraction of sp³-hybridized carbons (Fsp3) is 0.233. The fourth-order valence-corrected chi connectivity index (χ4v) is 5.18. The zero-order valence-corrected chi connectivity index (χ0v) is 19.7. The lowest BCUT2D eigenvalue weighted by atomic mass is 9.92. The van der Waals surface area contributed by atoms with E-state index in [0.29, 0.717) is 34.9 Å². The van der Waals surface area contributed by atoms with Gasteiger partial charge < -0.3 is 10.1 Å². The molecule has 0 radical (unpaired) electrons. The number of imidazole rings is 1. The Morgan fingerprint density at radius 3 is 2.29 bits per heavy atom. The van der Waals surface area contributed by atoms with Gasteiger partial charge in [-0.3, -0.25) is 0 Å². The van der Waals surface area contributed by atoms with Crippen molar-refractivity contribution in [1.29, 1.82) is 10.5 Å². The molecule has 1 heterocycles. The van der Waals surface area contributed by atoms with Gasteiger partial charge in [0.25, 0.3) is 0 Å². The van der Waals surface area contributed by atoms with Crippen molar-refractivity contribution < 1.29 is 5.11 Å². The average molecular weight is 457 g/mol. The summed E-state index contributed by atoms with van der Waals surface area (Å²) in [5.74, 6) is 1.15. The van der Waals surface area contributed by atoms with Crippen molar-refractivity contribution >= 4 is 32.6 Å². The monoisotopic (exact) mass is 456 g/mol. The maximum absolute atomic E-state index is 10.4. The Morgan fingerprint density at radius 2 is 1.63 bits per heavy atom. The van der Waals surface area contributed by atoms with Gasteiger partial charge in [-0.1, -0.05) is 42.5 Å². The number of rotatable bonds is 4. The van der Waals surface area contributed by atoms with Crippen LogP contribution in [0.1, 0.15) is 54.9 Å². The van der Waals surface area contributed by atoms with Gasteiger partial charge in [-0.05, 0) is 66.6 Å². The van der Waals surface area contributed by atoms with E-state index in [2.05, 4.69) is 53.5 Å². The van der Waals surface area contributed by atoms with Crippen molar-refractivity contribution in [2.24, 2.45) is 0 Å². The molecule has 0 amide bonds. The van der Waals surface area contributed by atoms with Crippen molar-refractivity contribution in [3.63, 3.8) is 0 Å². The van der Waals surface area contributed by atoms with Gasteiger partial charge in [-0.2, -0.15) is 10.5 Å². The third-order valence-electron chi connectivity index (χ3n) is 6.87. The maximum Gasteiger partial charge on any atom is 0.141 e. The Kier molecular flexibility index (Phi) is 4.68. The van der Waals surface area contributed by atoms with Gasteiger partial charge in [0.05, 0.1) is 45.5 Å². The highest BCUT2D eigenvalue weighted by Crippen LogP contribution is 2.43. The summed E-state index contributed by atoms with van der Waals surface area (Å²) in [5.41, 5.74) is 4.70. The molecule has 0 spiro atoms. The summed E-state index contributed by atoms with van der Waals surface area (Å²) >= 11 is 0. The van der Waals surface area contributed by atoms with Crippen LogP contribution in [-0.2, 0) is 6.42 Å². The van der Waals surface area contributed by atoms with Crippen molar-refractivity contribution in [1.82, 2.24) is 9.97 Å². The molecule has 1 saturated carbocycles. The number of hydrogen-bond acceptors (Lipinski definition) is 4. The molecule has 0 saturated heterocycles. The predicted molar refractivity (Wildman–Crippen MR) is 138 cm³/mol. The largest absolute Gasteiger partial charge is 0.390 e. The zero-order valence-electron chi connectivity index (χ0n) is 19.7. The molecule has 5 nitrogen and oxygen atoms in total. The van der Waals surface area contributed by atoms with Gasteiger partial charge in [0.15, 0.2) is 0 Å². The molecule has 170 valence electrons. The molecule has 4 aromatic carbocycles. The number of nitrogens with one attached hydrogen (secondary N) is 1. The van der Waals surface area contributed by atoms with E-state index in [9.17, 15) is 15.6 Å². The molecule has 0 unspecified atom stereocenters. The number of aromatic nitrogens is 2. The predicted octanol–water partition coefficient (Wildman–Crippen LogP) is 6.47. The number of H-pyrrole nitrogens is 1. The fourth-order valence-electron chi connectivity index (χ4n) is 5.18. The first-order valence-corrected chi connectivity index (χ1v) is 11.9. The van der Waals surface area contributed by atoms with Gasteiger partial charge in [0, 0.05) is 17.2 Å². The van der Waals surface area contributed by atoms with Crippen molar-refractivity contribution in [3.8, 4) is 23.5 Å². The third-order valence-corrected chi connectivity index (χ3v) is 6.87. The second-order valence-corrected chi connectivity index (χ2v) is 10.2. The van der Waals surface area contributed by atoms with Crippen LogP contribution in [0.25, 0.3) is 44.0 Å². The number of hydrogen-bond donors (Lipinski definition) is 2. The Labute approximate surface area is 203 Å². The molecular formula is C30H24N4O. The number of aliphatic hydroxyl groups is 1. The number of nitriles is 2. The second kappa shape index (κ2) is 7.67. The third kappa shape index (κ3) is 3.62. The molecule has 0 bridgehead atoms. The highest BCUT2D eigenvalue weighted by Gasteiger charge is 2.25. The number of nitrogens with zero attached hydrogens (tertiary/aromatic N) is 3. The standard InChI is InChI=1S/C30H24N4O/c1-30(2,35)14-17-6-10-22-24(12-17)25-13-19(18-7-8-18)9-11-23(25)28-27(22)33-29(34-28)26-20(15-31)4-3-5-21(26)16-32/h3-6,9-13,18,35H,7-8,14H2,1-2H3,(H,33,34). The highest BCUT2D eigenvalue weighted by atomic mass is 16.3. The molecule has 1 aliphatic carbocycles. The summed E-state index contributed by atoms with van der Waals surface area (Å²) in [6.07, 6.45) is 3.01. The smallest absolute Gasteiger partial charge is 0.141 e. The van der Waals surface area contributed by atoms with E-state index in [1.807, 2.05) is 13.8 Å². The van der Waals surface area contributed by atoms with Crippen LogP contribution in [-0.4, -0.2) is 20.7 Å². The topological polar surface area (TPSA) is 96.5 Å². The van der Waals surface area contributed by atoms with Crippen molar-refractivity contribution in [2.45, 2.75) is 44.6 Å². The van der Waals surface area contributed by atoms with Gasteiger partial charge in [-0.15, -0.1) is 0 Å². The van der Waals surface area contributed by atoms with Crippen LogP contribution in [0.4, 0.5) is 0 Å². The summed E-state index contributed by atoms with van der Waals surface area (Å²) in [6, 6.07) is 22.5. The zero-order chi connectivity index (χ0) is 24.3. The quantitative estimate of drug-likeness (QED) is 0.303. The molecule has 5 heteroatoms. The molecule has 0 aliphatic heterocycles. The summed E-state index contributed by atoms with van der Waals surface area (Å²) in [5, 5.41) is 34.2. The van der Waals surface area contributed by atoms with E-state index in [0.717, 1.165) is 38.1 Å². The Bertz CT molecular complexity index is 1700. The number of aromatic amines is 1. The molecular weight excluding hydrogens is 432 g/mol. The van der Waals surface area contributed by atoms with Gasteiger partial charge in [-0.25, -0.2) is 4.98 Å². The van der Waals surface area contributed by atoms with E-state index in [1.165, 1.54) is 18.4 Å². The molecule has 0 atom stereocenters. The molecule has 6 rings (SSSR count). The van der Waals surface area contributed by atoms with Crippen LogP contribution < -0.4 is 0 Å². The Balaban J connectivity index is 1.69. The van der Waals surface area contributed by atoms with Gasteiger partial charge in [0.1, 0.15) is 5.82 Å². The lowest BCUT2D eigenvalue weighted by molar-refractivity contribution is 0.0810. The van der Waals surface area contributed by atoms with Crippen molar-refractivity contribution in [2.75, 3.05) is 0 Å². The number of benzene rings is 4. The summed E-state index contributed by atoms with van der Waals surface area (Å²) in [7, 11) is 0. The van der Waals surface area contributed by atoms with Crippen LogP contribution in [0.2, 0.25) is 0 Å². The first kappa shape index (κ1) is 21.4. The minimum Gasteiger partial charge on any atom is -0.390 e. The molecule has 35 heavy (non-hydrogen) atoms. The van der Waals surface area contributed by atoms with Gasteiger partial charge in [0.2, 0.25) is 0 Å². The number of fused-ring (bicyclic) bond motifs is 6. The van der Waals surface area contributed by atoms with E-state index in [-0.39, 0.29) is 0 Å². The van der Waals surface area contributed by atoms with E-state index < -0.39 is 5.60 Å². The normalized spacial score (nSPS) is 13.9. The SMILES string of the molecule is CC(C)(O)Cc1ccc2c(c1)c1cc(C3CC3)ccc1c1nc(-c3c(C#N)cccc3C#N)[nH]c21. The van der Waals surface area contributed by atoms with Crippen LogP contribution in [0.5, 0.6) is 0 Å². The molecule has 1 fully saturated rings. The lowest BCUT2D eigenvalue weighted by Gasteiger charge is -2.18. The maximum atomic E-state index is 10.4. The van der Waals surface area contributed by atoms with E-state index in [1.54, 1.807) is 18.2 Å². The second-order valence-electron chi connectivity index (χ2n) is 10.2.